The molecule has 1 aromatic heterocycles. The average molecular weight is 352 g/mol. The standard InChI is InChI=1S/C17H18F2N2O2S/c18-13-6-5-11(9-14(13)19)10-24-16-12-3-1-4-15(12)21(7-2-8-22)17(23)20-16/h5-6,9,22H,1-4,7-8,10H2. The molecule has 0 bridgehead atoms. The number of halogens is 2. The molecule has 1 heterocycles. The fraction of sp³-hybridized carbons (Fsp3) is 0.412. The van der Waals surface area contributed by atoms with Gasteiger partial charge < -0.3 is 5.11 Å². The molecule has 0 fully saturated rings. The highest BCUT2D eigenvalue weighted by molar-refractivity contribution is 7.98. The summed E-state index contributed by atoms with van der Waals surface area (Å²) < 4.78 is 27.9. The van der Waals surface area contributed by atoms with Crippen LogP contribution in [0.2, 0.25) is 0 Å². The molecule has 3 rings (SSSR count). The summed E-state index contributed by atoms with van der Waals surface area (Å²) in [4.78, 5) is 16.4. The minimum absolute atomic E-state index is 0.0356. The van der Waals surface area contributed by atoms with Crippen LogP contribution in [0.5, 0.6) is 0 Å². The zero-order valence-electron chi connectivity index (χ0n) is 13.1. The third-order valence-electron chi connectivity index (χ3n) is 4.10. The number of aliphatic hydroxyl groups is 1. The molecule has 7 heteroatoms. The van der Waals surface area contributed by atoms with Gasteiger partial charge in [0.25, 0.3) is 0 Å². The van der Waals surface area contributed by atoms with E-state index in [9.17, 15) is 13.6 Å². The van der Waals surface area contributed by atoms with Crippen LogP contribution in [0.4, 0.5) is 8.78 Å². The molecule has 0 atom stereocenters. The van der Waals surface area contributed by atoms with Crippen molar-refractivity contribution in [2.24, 2.45) is 0 Å². The Morgan fingerprint density at radius 2 is 2.08 bits per heavy atom. The number of rotatable bonds is 6. The van der Waals surface area contributed by atoms with E-state index in [0.717, 1.165) is 36.6 Å². The van der Waals surface area contributed by atoms with Crippen LogP contribution in [0, 0.1) is 11.6 Å². The van der Waals surface area contributed by atoms with Crippen LogP contribution in [-0.2, 0) is 25.1 Å². The third-order valence-corrected chi connectivity index (χ3v) is 5.19. The highest BCUT2D eigenvalue weighted by atomic mass is 32.2. The van der Waals surface area contributed by atoms with Crippen LogP contribution in [-0.4, -0.2) is 21.3 Å². The van der Waals surface area contributed by atoms with Gasteiger partial charge in [0.1, 0.15) is 5.03 Å². The first kappa shape index (κ1) is 17.1. The van der Waals surface area contributed by atoms with Gasteiger partial charge in [-0.2, -0.15) is 4.98 Å². The highest BCUT2D eigenvalue weighted by Gasteiger charge is 2.21. The number of aromatic nitrogens is 2. The summed E-state index contributed by atoms with van der Waals surface area (Å²) in [6.07, 6.45) is 3.19. The van der Waals surface area contributed by atoms with E-state index < -0.39 is 11.6 Å². The van der Waals surface area contributed by atoms with Crippen LogP contribution < -0.4 is 5.69 Å². The minimum Gasteiger partial charge on any atom is -0.396 e. The second-order valence-corrected chi connectivity index (χ2v) is 6.71. The van der Waals surface area contributed by atoms with Gasteiger partial charge in [0, 0.05) is 30.2 Å². The lowest BCUT2D eigenvalue weighted by molar-refractivity contribution is 0.277. The molecule has 1 aliphatic carbocycles. The third kappa shape index (κ3) is 3.52. The molecule has 0 unspecified atom stereocenters. The van der Waals surface area contributed by atoms with Gasteiger partial charge in [-0.3, -0.25) is 4.57 Å². The number of thioether (sulfide) groups is 1. The Kier molecular flexibility index (Phi) is 5.30. The topological polar surface area (TPSA) is 55.1 Å². The van der Waals surface area contributed by atoms with Crippen LogP contribution in [0.15, 0.2) is 28.0 Å². The van der Waals surface area contributed by atoms with Crippen molar-refractivity contribution < 1.29 is 13.9 Å². The summed E-state index contributed by atoms with van der Waals surface area (Å²) >= 11 is 1.38. The van der Waals surface area contributed by atoms with E-state index in [1.54, 1.807) is 4.57 Å². The van der Waals surface area contributed by atoms with Crippen molar-refractivity contribution in [2.75, 3.05) is 6.61 Å². The number of hydrogen-bond acceptors (Lipinski definition) is 4. The van der Waals surface area contributed by atoms with Gasteiger partial charge in [-0.15, -0.1) is 11.8 Å². The molecule has 1 aliphatic rings. The molecule has 0 amide bonds. The Balaban J connectivity index is 1.83. The van der Waals surface area contributed by atoms with Crippen molar-refractivity contribution in [3.8, 4) is 0 Å². The van der Waals surface area contributed by atoms with E-state index in [0.29, 0.717) is 29.3 Å². The molecule has 0 radical (unpaired) electrons. The fourth-order valence-corrected chi connectivity index (χ4v) is 3.97. The van der Waals surface area contributed by atoms with E-state index in [1.807, 2.05) is 0 Å². The predicted octanol–water partition coefficient (Wildman–Crippen LogP) is 2.68. The van der Waals surface area contributed by atoms with Crippen molar-refractivity contribution >= 4 is 11.8 Å². The monoisotopic (exact) mass is 352 g/mol. The van der Waals surface area contributed by atoms with Crippen LogP contribution in [0.3, 0.4) is 0 Å². The Hall–Kier alpha value is -1.73. The molecule has 24 heavy (non-hydrogen) atoms. The molecule has 0 saturated heterocycles. The van der Waals surface area contributed by atoms with E-state index in [2.05, 4.69) is 4.98 Å². The highest BCUT2D eigenvalue weighted by Crippen LogP contribution is 2.31. The molecule has 0 aliphatic heterocycles. The normalized spacial score (nSPS) is 13.3. The van der Waals surface area contributed by atoms with Crippen LogP contribution in [0.1, 0.15) is 29.7 Å². The van der Waals surface area contributed by atoms with Crippen molar-refractivity contribution in [1.29, 1.82) is 0 Å². The number of nitrogens with zero attached hydrogens (tertiary/aromatic N) is 2. The number of aliphatic hydroxyl groups excluding tert-OH is 1. The van der Waals surface area contributed by atoms with Gasteiger partial charge >= 0.3 is 5.69 Å². The number of fused-ring (bicyclic) bond motifs is 1. The van der Waals surface area contributed by atoms with Crippen LogP contribution >= 0.6 is 11.8 Å². The molecule has 0 saturated carbocycles. The summed E-state index contributed by atoms with van der Waals surface area (Å²) in [6, 6.07) is 3.81. The molecule has 2 aromatic rings. The van der Waals surface area contributed by atoms with Crippen LogP contribution in [0.25, 0.3) is 0 Å². The summed E-state index contributed by atoms with van der Waals surface area (Å²) in [7, 11) is 0. The predicted molar refractivity (Wildman–Crippen MR) is 88.1 cm³/mol. The van der Waals surface area contributed by atoms with Gasteiger partial charge in [-0.1, -0.05) is 6.07 Å². The fourth-order valence-electron chi connectivity index (χ4n) is 2.95. The maximum atomic E-state index is 13.3. The van der Waals surface area contributed by atoms with E-state index in [1.165, 1.54) is 23.9 Å². The summed E-state index contributed by atoms with van der Waals surface area (Å²) in [5.74, 6) is -1.31. The van der Waals surface area contributed by atoms with Crippen molar-refractivity contribution in [3.63, 3.8) is 0 Å². The Morgan fingerprint density at radius 3 is 2.83 bits per heavy atom. The zero-order chi connectivity index (χ0) is 17.1. The molecule has 0 spiro atoms. The molecular weight excluding hydrogens is 334 g/mol. The quantitative estimate of drug-likeness (QED) is 0.642. The molecule has 4 nitrogen and oxygen atoms in total. The molecular formula is C17H18F2N2O2S. The maximum absolute atomic E-state index is 13.3. The zero-order valence-corrected chi connectivity index (χ0v) is 13.9. The number of benzene rings is 1. The van der Waals surface area contributed by atoms with Gasteiger partial charge in [-0.05, 0) is 43.4 Å². The maximum Gasteiger partial charge on any atom is 0.348 e. The number of hydrogen-bond donors (Lipinski definition) is 1. The second kappa shape index (κ2) is 7.44. The summed E-state index contributed by atoms with van der Waals surface area (Å²) in [5.41, 5.74) is 2.41. The summed E-state index contributed by atoms with van der Waals surface area (Å²) in [6.45, 7) is 0.507. The lowest BCUT2D eigenvalue weighted by atomic mass is 10.2. The Morgan fingerprint density at radius 1 is 1.25 bits per heavy atom. The van der Waals surface area contributed by atoms with E-state index in [-0.39, 0.29) is 12.3 Å². The molecule has 1 aromatic carbocycles. The summed E-state index contributed by atoms with van der Waals surface area (Å²) in [5, 5.41) is 9.65. The largest absolute Gasteiger partial charge is 0.396 e. The first-order chi connectivity index (χ1) is 11.6. The lowest BCUT2D eigenvalue weighted by Gasteiger charge is -2.13. The van der Waals surface area contributed by atoms with Crippen molar-refractivity contribution in [2.45, 2.75) is 43.0 Å². The SMILES string of the molecule is O=c1nc(SCc2ccc(F)c(F)c2)c2c(n1CCCO)CCC2. The molecule has 1 N–H and O–H groups in total. The lowest BCUT2D eigenvalue weighted by Crippen LogP contribution is -2.27. The van der Waals surface area contributed by atoms with E-state index >= 15 is 0 Å². The average Bonchev–Trinajstić information content (AvgIpc) is 3.05. The Labute approximate surface area is 142 Å². The van der Waals surface area contributed by atoms with Gasteiger partial charge in [-0.25, -0.2) is 13.6 Å². The first-order valence-electron chi connectivity index (χ1n) is 7.90. The minimum atomic E-state index is -0.870. The van der Waals surface area contributed by atoms with Crippen molar-refractivity contribution in [1.82, 2.24) is 9.55 Å². The van der Waals surface area contributed by atoms with E-state index in [4.69, 9.17) is 5.11 Å². The smallest absolute Gasteiger partial charge is 0.348 e. The molecule has 128 valence electrons. The van der Waals surface area contributed by atoms with Gasteiger partial charge in [0.15, 0.2) is 11.6 Å². The van der Waals surface area contributed by atoms with Gasteiger partial charge in [0.2, 0.25) is 0 Å². The van der Waals surface area contributed by atoms with Crippen molar-refractivity contribution in [3.05, 3.63) is 57.1 Å². The first-order valence-corrected chi connectivity index (χ1v) is 8.89. The second-order valence-electron chi connectivity index (χ2n) is 5.74. The van der Waals surface area contributed by atoms with Gasteiger partial charge in [0.05, 0.1) is 0 Å². The Bertz CT molecular complexity index is 808.